The number of hydrogen-bond donors (Lipinski definition) is 1. The first-order chi connectivity index (χ1) is 11.7. The number of carbonyl (C=O) groups excluding carboxylic acids is 1. The standard InChI is InChI=1S/C16H21N5O2S/c1-11-18-12(9-14(19-11)20-16-17-6-8-24-16)13-5-3-4-7-21(13)15(22)10-23-2/h6,8-9,13H,3-5,7,10H2,1-2H3,(H,17,18,19,20). The third kappa shape index (κ3) is 3.88. The molecule has 7 nitrogen and oxygen atoms in total. The molecule has 3 rings (SSSR count). The number of anilines is 2. The van der Waals surface area contributed by atoms with Gasteiger partial charge in [0.1, 0.15) is 18.2 Å². The molecule has 1 fully saturated rings. The summed E-state index contributed by atoms with van der Waals surface area (Å²) in [4.78, 5) is 27.4. The highest BCUT2D eigenvalue weighted by Crippen LogP contribution is 2.31. The van der Waals surface area contributed by atoms with Crippen molar-refractivity contribution in [1.29, 1.82) is 0 Å². The topological polar surface area (TPSA) is 80.2 Å². The summed E-state index contributed by atoms with van der Waals surface area (Å²) in [5, 5.41) is 5.89. The minimum Gasteiger partial charge on any atom is -0.375 e. The minimum absolute atomic E-state index is 0.00731. The summed E-state index contributed by atoms with van der Waals surface area (Å²) in [5.74, 6) is 1.39. The number of amides is 1. The van der Waals surface area contributed by atoms with E-state index in [2.05, 4.69) is 20.3 Å². The van der Waals surface area contributed by atoms with Crippen LogP contribution in [-0.4, -0.2) is 46.0 Å². The van der Waals surface area contributed by atoms with Crippen molar-refractivity contribution in [2.45, 2.75) is 32.2 Å². The number of aromatic nitrogens is 3. The van der Waals surface area contributed by atoms with Gasteiger partial charge in [0.25, 0.3) is 0 Å². The molecule has 1 aliphatic heterocycles. The molecule has 3 heterocycles. The Morgan fingerprint density at radius 3 is 3.08 bits per heavy atom. The number of thiazole rings is 1. The minimum atomic E-state index is -0.0278. The lowest BCUT2D eigenvalue weighted by Crippen LogP contribution is -2.40. The molecule has 128 valence electrons. The van der Waals surface area contributed by atoms with E-state index in [-0.39, 0.29) is 18.6 Å². The van der Waals surface area contributed by atoms with Gasteiger partial charge < -0.3 is 15.0 Å². The van der Waals surface area contributed by atoms with E-state index in [4.69, 9.17) is 4.74 Å². The van der Waals surface area contributed by atoms with Crippen LogP contribution < -0.4 is 5.32 Å². The SMILES string of the molecule is COCC(=O)N1CCCCC1c1cc(Nc2nccs2)nc(C)n1. The Bertz CT molecular complexity index is 692. The second kappa shape index (κ2) is 7.67. The maximum Gasteiger partial charge on any atom is 0.249 e. The van der Waals surface area contributed by atoms with Crippen LogP contribution in [0.2, 0.25) is 0 Å². The first kappa shape index (κ1) is 16.8. The molecule has 0 aromatic carbocycles. The molecular formula is C16H21N5O2S. The van der Waals surface area contributed by atoms with E-state index in [0.29, 0.717) is 11.6 Å². The molecule has 0 bridgehead atoms. The molecule has 8 heteroatoms. The lowest BCUT2D eigenvalue weighted by atomic mass is 9.99. The fraction of sp³-hybridized carbons (Fsp3) is 0.500. The summed E-state index contributed by atoms with van der Waals surface area (Å²) in [6.07, 6.45) is 4.75. The molecule has 1 atom stereocenters. The van der Waals surface area contributed by atoms with Crippen molar-refractivity contribution in [3.05, 3.63) is 29.2 Å². The van der Waals surface area contributed by atoms with Crippen molar-refractivity contribution in [1.82, 2.24) is 19.9 Å². The van der Waals surface area contributed by atoms with Gasteiger partial charge in [-0.2, -0.15) is 0 Å². The van der Waals surface area contributed by atoms with E-state index >= 15 is 0 Å². The molecular weight excluding hydrogens is 326 g/mol. The molecule has 1 N–H and O–H groups in total. The molecule has 2 aromatic heterocycles. The van der Waals surface area contributed by atoms with Crippen LogP contribution >= 0.6 is 11.3 Å². The molecule has 1 aliphatic rings. The highest BCUT2D eigenvalue weighted by atomic mass is 32.1. The molecule has 24 heavy (non-hydrogen) atoms. The first-order valence-electron chi connectivity index (χ1n) is 7.98. The Hall–Kier alpha value is -2.06. The summed E-state index contributed by atoms with van der Waals surface area (Å²) in [5.41, 5.74) is 0.866. The predicted octanol–water partition coefficient (Wildman–Crippen LogP) is 2.69. The molecule has 0 radical (unpaired) electrons. The predicted molar refractivity (Wildman–Crippen MR) is 92.3 cm³/mol. The number of likely N-dealkylation sites (tertiary alicyclic amines) is 1. The summed E-state index contributed by atoms with van der Waals surface area (Å²) in [7, 11) is 1.54. The van der Waals surface area contributed by atoms with E-state index in [1.165, 1.54) is 11.3 Å². The van der Waals surface area contributed by atoms with E-state index in [9.17, 15) is 4.79 Å². The van der Waals surface area contributed by atoms with Gasteiger partial charge >= 0.3 is 0 Å². The van der Waals surface area contributed by atoms with Crippen molar-refractivity contribution < 1.29 is 9.53 Å². The lowest BCUT2D eigenvalue weighted by Gasteiger charge is -2.35. The third-order valence-corrected chi connectivity index (χ3v) is 4.65. The van der Waals surface area contributed by atoms with Gasteiger partial charge in [-0.25, -0.2) is 15.0 Å². The van der Waals surface area contributed by atoms with Crippen LogP contribution in [0.5, 0.6) is 0 Å². The summed E-state index contributed by atoms with van der Waals surface area (Å²) in [6.45, 7) is 2.70. The Morgan fingerprint density at radius 2 is 2.33 bits per heavy atom. The van der Waals surface area contributed by atoms with Gasteiger partial charge in [0.2, 0.25) is 5.91 Å². The molecule has 2 aromatic rings. The Kier molecular flexibility index (Phi) is 5.37. The highest BCUT2D eigenvalue weighted by Gasteiger charge is 2.29. The smallest absolute Gasteiger partial charge is 0.249 e. The second-order valence-corrected chi connectivity index (χ2v) is 6.61. The van der Waals surface area contributed by atoms with Crippen LogP contribution in [0.25, 0.3) is 0 Å². The van der Waals surface area contributed by atoms with Crippen molar-refractivity contribution in [3.8, 4) is 0 Å². The van der Waals surface area contributed by atoms with Gasteiger partial charge in [-0.05, 0) is 26.2 Å². The van der Waals surface area contributed by atoms with Crippen LogP contribution in [-0.2, 0) is 9.53 Å². The number of methoxy groups -OCH3 is 1. The average molecular weight is 347 g/mol. The quantitative estimate of drug-likeness (QED) is 0.896. The van der Waals surface area contributed by atoms with E-state index < -0.39 is 0 Å². The lowest BCUT2D eigenvalue weighted by molar-refractivity contribution is -0.139. The largest absolute Gasteiger partial charge is 0.375 e. The normalized spacial score (nSPS) is 17.8. The number of aryl methyl sites for hydroxylation is 1. The van der Waals surface area contributed by atoms with Gasteiger partial charge in [-0.3, -0.25) is 4.79 Å². The molecule has 1 saturated heterocycles. The maximum atomic E-state index is 12.3. The van der Waals surface area contributed by atoms with Crippen LogP contribution in [0.15, 0.2) is 17.6 Å². The van der Waals surface area contributed by atoms with E-state index in [1.54, 1.807) is 13.3 Å². The van der Waals surface area contributed by atoms with Gasteiger partial charge in [0, 0.05) is 31.3 Å². The number of ether oxygens (including phenoxy) is 1. The fourth-order valence-corrected chi connectivity index (χ4v) is 3.50. The van der Waals surface area contributed by atoms with Gasteiger partial charge in [0.05, 0.1) is 11.7 Å². The van der Waals surface area contributed by atoms with Crippen molar-refractivity contribution >= 4 is 28.2 Å². The first-order valence-corrected chi connectivity index (χ1v) is 8.86. The zero-order valence-electron chi connectivity index (χ0n) is 13.9. The van der Waals surface area contributed by atoms with Crippen LogP contribution in [0.1, 0.15) is 36.8 Å². The summed E-state index contributed by atoms with van der Waals surface area (Å²) < 4.78 is 5.02. The molecule has 0 saturated carbocycles. The number of hydrogen-bond acceptors (Lipinski definition) is 7. The van der Waals surface area contributed by atoms with Gasteiger partial charge in [0.15, 0.2) is 5.13 Å². The number of carbonyl (C=O) groups is 1. The number of nitrogens with zero attached hydrogens (tertiary/aromatic N) is 4. The average Bonchev–Trinajstić information content (AvgIpc) is 3.07. The molecule has 0 spiro atoms. The fourth-order valence-electron chi connectivity index (χ4n) is 2.96. The monoisotopic (exact) mass is 347 g/mol. The Labute approximate surface area is 145 Å². The van der Waals surface area contributed by atoms with Crippen LogP contribution in [0.3, 0.4) is 0 Å². The molecule has 1 unspecified atom stereocenters. The zero-order chi connectivity index (χ0) is 16.9. The zero-order valence-corrected chi connectivity index (χ0v) is 14.7. The van der Waals surface area contributed by atoms with Crippen molar-refractivity contribution in [2.75, 3.05) is 25.6 Å². The number of rotatable bonds is 5. The van der Waals surface area contributed by atoms with E-state index in [1.807, 2.05) is 23.3 Å². The second-order valence-electron chi connectivity index (χ2n) is 5.72. The number of piperidine rings is 1. The molecule has 1 amide bonds. The third-order valence-electron chi connectivity index (χ3n) is 3.96. The van der Waals surface area contributed by atoms with E-state index in [0.717, 1.165) is 36.6 Å². The molecule has 0 aliphatic carbocycles. The van der Waals surface area contributed by atoms with Crippen LogP contribution in [0.4, 0.5) is 10.9 Å². The highest BCUT2D eigenvalue weighted by molar-refractivity contribution is 7.13. The summed E-state index contributed by atoms with van der Waals surface area (Å²) in [6, 6.07) is 1.89. The van der Waals surface area contributed by atoms with Crippen molar-refractivity contribution in [2.24, 2.45) is 0 Å². The Morgan fingerprint density at radius 1 is 1.46 bits per heavy atom. The summed E-state index contributed by atoms with van der Waals surface area (Å²) >= 11 is 1.51. The van der Waals surface area contributed by atoms with Gasteiger partial charge in [-0.1, -0.05) is 0 Å². The van der Waals surface area contributed by atoms with Crippen molar-refractivity contribution in [3.63, 3.8) is 0 Å². The van der Waals surface area contributed by atoms with Crippen LogP contribution in [0, 0.1) is 6.92 Å². The Balaban J connectivity index is 1.86. The maximum absolute atomic E-state index is 12.3. The number of nitrogens with one attached hydrogen (secondary N) is 1. The van der Waals surface area contributed by atoms with Gasteiger partial charge in [-0.15, -0.1) is 11.3 Å².